The predicted molar refractivity (Wildman–Crippen MR) is 67.3 cm³/mol. The number of benzene rings is 1. The zero-order valence-electron chi connectivity index (χ0n) is 8.95. The van der Waals surface area contributed by atoms with E-state index in [0.29, 0.717) is 0 Å². The fourth-order valence-electron chi connectivity index (χ4n) is 1.88. The minimum Gasteiger partial charge on any atom is -0.314 e. The molecule has 1 heterocycles. The first-order valence-corrected chi connectivity index (χ1v) is 6.13. The van der Waals surface area contributed by atoms with Gasteiger partial charge in [0.25, 0.3) is 0 Å². The smallest absolute Gasteiger partial charge is 0.0234 e. The topological polar surface area (TPSA) is 15.3 Å². The zero-order valence-corrected chi connectivity index (χ0v) is 9.84. The van der Waals surface area contributed by atoms with Gasteiger partial charge in [-0.15, -0.1) is 0 Å². The van der Waals surface area contributed by atoms with E-state index >= 15 is 0 Å². The molecule has 0 saturated carbocycles. The van der Waals surface area contributed by atoms with Crippen molar-refractivity contribution in [2.24, 2.45) is 0 Å². The Labute approximate surface area is 97.1 Å². The largest absolute Gasteiger partial charge is 0.314 e. The molecule has 0 unspecified atom stereocenters. The summed E-state index contributed by atoms with van der Waals surface area (Å²) >= 11 is 4.26. The third kappa shape index (κ3) is 3.23. The Bertz CT molecular complexity index is 291. The highest BCUT2D eigenvalue weighted by molar-refractivity contribution is 7.79. The second kappa shape index (κ2) is 5.54. The first-order valence-electron chi connectivity index (χ1n) is 5.50. The van der Waals surface area contributed by atoms with Crippen molar-refractivity contribution in [1.29, 1.82) is 0 Å². The van der Waals surface area contributed by atoms with Crippen molar-refractivity contribution in [3.63, 3.8) is 0 Å². The lowest BCUT2D eigenvalue weighted by molar-refractivity contribution is 0.233. The molecule has 3 heteroatoms. The lowest BCUT2D eigenvalue weighted by atomic mass is 10.1. The summed E-state index contributed by atoms with van der Waals surface area (Å²) in [6, 6.07) is 8.77. The highest BCUT2D eigenvalue weighted by Crippen LogP contribution is 2.09. The van der Waals surface area contributed by atoms with Crippen molar-refractivity contribution in [1.82, 2.24) is 10.2 Å². The van der Waals surface area contributed by atoms with Crippen molar-refractivity contribution >= 4 is 12.6 Å². The number of piperazine rings is 1. The van der Waals surface area contributed by atoms with Gasteiger partial charge in [-0.2, -0.15) is 12.6 Å². The molecule has 1 aromatic rings. The summed E-state index contributed by atoms with van der Waals surface area (Å²) in [5.74, 6) is 0.827. The number of hydrogen-bond acceptors (Lipinski definition) is 3. The van der Waals surface area contributed by atoms with E-state index in [1.54, 1.807) is 0 Å². The van der Waals surface area contributed by atoms with Crippen LogP contribution >= 0.6 is 12.6 Å². The van der Waals surface area contributed by atoms with Crippen molar-refractivity contribution in [2.75, 3.05) is 26.2 Å². The number of hydrogen-bond donors (Lipinski definition) is 2. The van der Waals surface area contributed by atoms with Gasteiger partial charge in [-0.25, -0.2) is 0 Å². The molecule has 1 fully saturated rings. The Kier molecular flexibility index (Phi) is 4.06. The summed E-state index contributed by atoms with van der Waals surface area (Å²) in [7, 11) is 0. The maximum absolute atomic E-state index is 4.26. The normalized spacial score (nSPS) is 17.9. The molecule has 0 spiro atoms. The van der Waals surface area contributed by atoms with Gasteiger partial charge < -0.3 is 5.32 Å². The number of nitrogens with zero attached hydrogens (tertiary/aromatic N) is 1. The Morgan fingerprint density at radius 2 is 1.67 bits per heavy atom. The maximum Gasteiger partial charge on any atom is 0.0234 e. The molecule has 1 aromatic carbocycles. The zero-order chi connectivity index (χ0) is 10.5. The molecule has 0 amide bonds. The standard InChI is InChI=1S/C12H18N2S/c15-10-12-3-1-11(2-4-12)9-14-7-5-13-6-8-14/h1-4,13,15H,5-10H2. The predicted octanol–water partition coefficient (Wildman–Crippen LogP) is 1.52. The summed E-state index contributed by atoms with van der Waals surface area (Å²) in [5, 5.41) is 3.37. The van der Waals surface area contributed by atoms with E-state index in [1.165, 1.54) is 11.1 Å². The van der Waals surface area contributed by atoms with E-state index < -0.39 is 0 Å². The molecule has 1 aliphatic rings. The second-order valence-electron chi connectivity index (χ2n) is 4.00. The van der Waals surface area contributed by atoms with E-state index in [-0.39, 0.29) is 0 Å². The molecule has 1 aliphatic heterocycles. The van der Waals surface area contributed by atoms with E-state index in [0.717, 1.165) is 38.5 Å². The summed E-state index contributed by atoms with van der Waals surface area (Å²) in [4.78, 5) is 2.49. The Morgan fingerprint density at radius 3 is 2.27 bits per heavy atom. The molecule has 2 rings (SSSR count). The van der Waals surface area contributed by atoms with Gasteiger partial charge in [-0.3, -0.25) is 4.90 Å². The van der Waals surface area contributed by atoms with E-state index in [4.69, 9.17) is 0 Å². The van der Waals surface area contributed by atoms with Crippen LogP contribution in [-0.4, -0.2) is 31.1 Å². The summed E-state index contributed by atoms with van der Waals surface area (Å²) in [5.41, 5.74) is 2.70. The molecule has 82 valence electrons. The van der Waals surface area contributed by atoms with Crippen LogP contribution in [0.5, 0.6) is 0 Å². The number of rotatable bonds is 3. The molecule has 2 nitrogen and oxygen atoms in total. The van der Waals surface area contributed by atoms with Gasteiger partial charge in [0.15, 0.2) is 0 Å². The van der Waals surface area contributed by atoms with Crippen LogP contribution in [0.4, 0.5) is 0 Å². The summed E-state index contributed by atoms with van der Waals surface area (Å²) in [6.45, 7) is 5.64. The first kappa shape index (κ1) is 11.0. The fourth-order valence-corrected chi connectivity index (χ4v) is 2.09. The van der Waals surface area contributed by atoms with Crippen LogP contribution in [0.15, 0.2) is 24.3 Å². The molecule has 0 atom stereocenters. The monoisotopic (exact) mass is 222 g/mol. The Balaban J connectivity index is 1.91. The molecule has 0 bridgehead atoms. The van der Waals surface area contributed by atoms with Crippen LogP contribution in [0.1, 0.15) is 11.1 Å². The maximum atomic E-state index is 4.26. The minimum absolute atomic E-state index is 0.827. The minimum atomic E-state index is 0.827. The third-order valence-corrected chi connectivity index (χ3v) is 3.19. The molecular formula is C12H18N2S. The average molecular weight is 222 g/mol. The molecule has 1 N–H and O–H groups in total. The second-order valence-corrected chi connectivity index (χ2v) is 4.32. The van der Waals surface area contributed by atoms with Crippen LogP contribution in [0.2, 0.25) is 0 Å². The highest BCUT2D eigenvalue weighted by atomic mass is 32.1. The molecular weight excluding hydrogens is 204 g/mol. The van der Waals surface area contributed by atoms with E-state index in [1.807, 2.05) is 0 Å². The molecule has 15 heavy (non-hydrogen) atoms. The Hall–Kier alpha value is -0.510. The van der Waals surface area contributed by atoms with Crippen molar-refractivity contribution in [3.05, 3.63) is 35.4 Å². The third-order valence-electron chi connectivity index (χ3n) is 2.82. The summed E-state index contributed by atoms with van der Waals surface area (Å²) < 4.78 is 0. The Morgan fingerprint density at radius 1 is 1.07 bits per heavy atom. The highest BCUT2D eigenvalue weighted by Gasteiger charge is 2.09. The van der Waals surface area contributed by atoms with Gasteiger partial charge in [0.05, 0.1) is 0 Å². The lowest BCUT2D eigenvalue weighted by Gasteiger charge is -2.27. The van der Waals surface area contributed by atoms with Crippen LogP contribution in [0.3, 0.4) is 0 Å². The fraction of sp³-hybridized carbons (Fsp3) is 0.500. The number of nitrogens with one attached hydrogen (secondary N) is 1. The van der Waals surface area contributed by atoms with Gasteiger partial charge in [0.2, 0.25) is 0 Å². The van der Waals surface area contributed by atoms with Crippen molar-refractivity contribution < 1.29 is 0 Å². The number of thiol groups is 1. The van der Waals surface area contributed by atoms with Crippen LogP contribution < -0.4 is 5.32 Å². The van der Waals surface area contributed by atoms with Crippen molar-refractivity contribution in [2.45, 2.75) is 12.3 Å². The van der Waals surface area contributed by atoms with Crippen LogP contribution in [-0.2, 0) is 12.3 Å². The molecule has 0 aromatic heterocycles. The van der Waals surface area contributed by atoms with Gasteiger partial charge in [-0.1, -0.05) is 24.3 Å². The van der Waals surface area contributed by atoms with Crippen LogP contribution in [0, 0.1) is 0 Å². The summed E-state index contributed by atoms with van der Waals surface area (Å²) in [6.07, 6.45) is 0. The lowest BCUT2D eigenvalue weighted by Crippen LogP contribution is -2.42. The van der Waals surface area contributed by atoms with Crippen molar-refractivity contribution in [3.8, 4) is 0 Å². The van der Waals surface area contributed by atoms with Gasteiger partial charge in [0, 0.05) is 38.5 Å². The van der Waals surface area contributed by atoms with E-state index in [9.17, 15) is 0 Å². The van der Waals surface area contributed by atoms with E-state index in [2.05, 4.69) is 47.1 Å². The van der Waals surface area contributed by atoms with Crippen LogP contribution in [0.25, 0.3) is 0 Å². The van der Waals surface area contributed by atoms with Gasteiger partial charge in [0.1, 0.15) is 0 Å². The van der Waals surface area contributed by atoms with Gasteiger partial charge in [-0.05, 0) is 11.1 Å². The molecule has 0 radical (unpaired) electrons. The first-order chi connectivity index (χ1) is 7.38. The molecule has 1 saturated heterocycles. The molecule has 0 aliphatic carbocycles. The SMILES string of the molecule is SCc1ccc(CN2CCNCC2)cc1. The quantitative estimate of drug-likeness (QED) is 0.754. The van der Waals surface area contributed by atoms with Gasteiger partial charge >= 0.3 is 0 Å². The average Bonchev–Trinajstić information content (AvgIpc) is 2.31.